The quantitative estimate of drug-likeness (QED) is 0.734. The second kappa shape index (κ2) is 5.69. The van der Waals surface area contributed by atoms with Gasteiger partial charge >= 0.3 is 0 Å². The number of hydrogen-bond donors (Lipinski definition) is 1. The Morgan fingerprint density at radius 1 is 1.57 bits per heavy atom. The van der Waals surface area contributed by atoms with Gasteiger partial charge in [0.25, 0.3) is 0 Å². The molecule has 0 saturated carbocycles. The van der Waals surface area contributed by atoms with E-state index < -0.39 is 0 Å². The normalized spacial score (nSPS) is 31.7. The van der Waals surface area contributed by atoms with Gasteiger partial charge in [0, 0.05) is 19.7 Å². The highest BCUT2D eigenvalue weighted by molar-refractivity contribution is 4.81. The van der Waals surface area contributed by atoms with Gasteiger partial charge in [-0.25, -0.2) is 0 Å². The minimum Gasteiger partial charge on any atom is -0.383 e. The molecule has 1 heterocycles. The number of hydrogen-bond acceptors (Lipinski definition) is 3. The van der Waals surface area contributed by atoms with Crippen molar-refractivity contribution >= 4 is 0 Å². The first-order chi connectivity index (χ1) is 6.69. The SMILES string of the molecule is COCC(C)N1CCC(C)C(CN)C1. The molecular formula is C11H24N2O. The molecule has 0 radical (unpaired) electrons. The summed E-state index contributed by atoms with van der Waals surface area (Å²) in [5.74, 6) is 1.45. The van der Waals surface area contributed by atoms with E-state index in [4.69, 9.17) is 10.5 Å². The van der Waals surface area contributed by atoms with Gasteiger partial charge in [0.1, 0.15) is 0 Å². The van der Waals surface area contributed by atoms with Gasteiger partial charge in [-0.1, -0.05) is 6.92 Å². The van der Waals surface area contributed by atoms with Crippen molar-refractivity contribution in [3.05, 3.63) is 0 Å². The van der Waals surface area contributed by atoms with E-state index in [0.29, 0.717) is 12.0 Å². The van der Waals surface area contributed by atoms with Gasteiger partial charge in [-0.15, -0.1) is 0 Å². The van der Waals surface area contributed by atoms with Crippen LogP contribution in [0.3, 0.4) is 0 Å². The van der Waals surface area contributed by atoms with Crippen LogP contribution in [0.5, 0.6) is 0 Å². The molecule has 0 amide bonds. The van der Waals surface area contributed by atoms with E-state index in [1.165, 1.54) is 13.0 Å². The molecule has 3 heteroatoms. The third-order valence-corrected chi connectivity index (χ3v) is 3.48. The predicted octanol–water partition coefficient (Wildman–Crippen LogP) is 0.938. The number of nitrogens with two attached hydrogens (primary N) is 1. The zero-order chi connectivity index (χ0) is 10.6. The summed E-state index contributed by atoms with van der Waals surface area (Å²) in [6.07, 6.45) is 1.27. The summed E-state index contributed by atoms with van der Waals surface area (Å²) in [6, 6.07) is 0.529. The van der Waals surface area contributed by atoms with Gasteiger partial charge in [-0.2, -0.15) is 0 Å². The Kier molecular flexibility index (Phi) is 4.85. The minimum atomic E-state index is 0.529. The summed E-state index contributed by atoms with van der Waals surface area (Å²) in [5.41, 5.74) is 5.77. The molecule has 1 aliphatic heterocycles. The van der Waals surface area contributed by atoms with Gasteiger partial charge < -0.3 is 10.5 Å². The molecule has 0 spiro atoms. The number of ether oxygens (including phenoxy) is 1. The predicted molar refractivity (Wildman–Crippen MR) is 59.2 cm³/mol. The Bertz CT molecular complexity index is 163. The molecule has 0 aromatic rings. The maximum Gasteiger partial charge on any atom is 0.0615 e. The van der Waals surface area contributed by atoms with Crippen molar-refractivity contribution in [2.24, 2.45) is 17.6 Å². The molecule has 3 atom stereocenters. The first-order valence-corrected chi connectivity index (χ1v) is 5.62. The Morgan fingerprint density at radius 2 is 2.29 bits per heavy atom. The zero-order valence-electron chi connectivity index (χ0n) is 9.70. The second-order valence-corrected chi connectivity index (χ2v) is 4.56. The largest absolute Gasteiger partial charge is 0.383 e. The monoisotopic (exact) mass is 200 g/mol. The smallest absolute Gasteiger partial charge is 0.0615 e. The molecule has 14 heavy (non-hydrogen) atoms. The summed E-state index contributed by atoms with van der Waals surface area (Å²) < 4.78 is 5.18. The van der Waals surface area contributed by atoms with Gasteiger partial charge in [0.15, 0.2) is 0 Å². The van der Waals surface area contributed by atoms with E-state index in [1.807, 2.05) is 0 Å². The van der Waals surface area contributed by atoms with Crippen LogP contribution in [0.1, 0.15) is 20.3 Å². The first-order valence-electron chi connectivity index (χ1n) is 5.62. The van der Waals surface area contributed by atoms with E-state index in [0.717, 1.165) is 25.6 Å². The summed E-state index contributed by atoms with van der Waals surface area (Å²) >= 11 is 0. The third kappa shape index (κ3) is 2.94. The fourth-order valence-corrected chi connectivity index (χ4v) is 2.23. The fraction of sp³-hybridized carbons (Fsp3) is 1.00. The maximum atomic E-state index is 5.77. The van der Waals surface area contributed by atoms with Crippen molar-refractivity contribution in [1.29, 1.82) is 0 Å². The average molecular weight is 200 g/mol. The molecule has 2 N–H and O–H groups in total. The second-order valence-electron chi connectivity index (χ2n) is 4.56. The van der Waals surface area contributed by atoms with Gasteiger partial charge in [-0.05, 0) is 38.3 Å². The lowest BCUT2D eigenvalue weighted by atomic mass is 9.86. The van der Waals surface area contributed by atoms with E-state index in [9.17, 15) is 0 Å². The van der Waals surface area contributed by atoms with Crippen molar-refractivity contribution in [2.45, 2.75) is 26.3 Å². The average Bonchev–Trinajstić information content (AvgIpc) is 2.19. The molecule has 1 aliphatic rings. The maximum absolute atomic E-state index is 5.77. The Hall–Kier alpha value is -0.120. The Morgan fingerprint density at radius 3 is 2.86 bits per heavy atom. The number of likely N-dealkylation sites (tertiary alicyclic amines) is 1. The minimum absolute atomic E-state index is 0.529. The van der Waals surface area contributed by atoms with Gasteiger partial charge in [0.2, 0.25) is 0 Å². The van der Waals surface area contributed by atoms with Crippen molar-refractivity contribution in [1.82, 2.24) is 4.90 Å². The molecule has 3 unspecified atom stereocenters. The Labute approximate surface area is 87.6 Å². The first kappa shape index (κ1) is 12.0. The summed E-state index contributed by atoms with van der Waals surface area (Å²) in [7, 11) is 1.77. The highest BCUT2D eigenvalue weighted by Crippen LogP contribution is 2.23. The molecule has 0 aromatic heterocycles. The summed E-state index contributed by atoms with van der Waals surface area (Å²) in [5, 5.41) is 0. The molecular weight excluding hydrogens is 176 g/mol. The van der Waals surface area contributed by atoms with Crippen LogP contribution in [0, 0.1) is 11.8 Å². The number of nitrogens with zero attached hydrogens (tertiary/aromatic N) is 1. The summed E-state index contributed by atoms with van der Waals surface area (Å²) in [6.45, 7) is 8.52. The van der Waals surface area contributed by atoms with E-state index in [-0.39, 0.29) is 0 Å². The van der Waals surface area contributed by atoms with Gasteiger partial charge in [0.05, 0.1) is 6.61 Å². The van der Waals surface area contributed by atoms with Crippen LogP contribution in [0.25, 0.3) is 0 Å². The molecule has 0 bridgehead atoms. The number of rotatable bonds is 4. The molecule has 1 saturated heterocycles. The van der Waals surface area contributed by atoms with Crippen molar-refractivity contribution in [2.75, 3.05) is 33.4 Å². The number of piperidine rings is 1. The van der Waals surface area contributed by atoms with Crippen LogP contribution in [0.4, 0.5) is 0 Å². The van der Waals surface area contributed by atoms with Crippen LogP contribution < -0.4 is 5.73 Å². The molecule has 3 nitrogen and oxygen atoms in total. The topological polar surface area (TPSA) is 38.5 Å². The number of methoxy groups -OCH3 is 1. The molecule has 1 fully saturated rings. The third-order valence-electron chi connectivity index (χ3n) is 3.48. The van der Waals surface area contributed by atoms with Crippen LogP contribution >= 0.6 is 0 Å². The lowest BCUT2D eigenvalue weighted by Crippen LogP contribution is -2.47. The van der Waals surface area contributed by atoms with E-state index >= 15 is 0 Å². The highest BCUT2D eigenvalue weighted by atomic mass is 16.5. The van der Waals surface area contributed by atoms with Crippen molar-refractivity contribution < 1.29 is 4.74 Å². The lowest BCUT2D eigenvalue weighted by molar-refractivity contribution is 0.0516. The van der Waals surface area contributed by atoms with Crippen LogP contribution in [-0.4, -0.2) is 44.3 Å². The highest BCUT2D eigenvalue weighted by Gasteiger charge is 2.27. The molecule has 84 valence electrons. The fourth-order valence-electron chi connectivity index (χ4n) is 2.23. The molecule has 0 aliphatic carbocycles. The zero-order valence-corrected chi connectivity index (χ0v) is 9.70. The summed E-state index contributed by atoms with van der Waals surface area (Å²) in [4.78, 5) is 2.50. The molecule has 0 aromatic carbocycles. The van der Waals surface area contributed by atoms with Crippen LogP contribution in [0.2, 0.25) is 0 Å². The van der Waals surface area contributed by atoms with Crippen molar-refractivity contribution in [3.8, 4) is 0 Å². The molecule has 1 rings (SSSR count). The van der Waals surface area contributed by atoms with E-state index in [2.05, 4.69) is 18.7 Å². The lowest BCUT2D eigenvalue weighted by Gasteiger charge is -2.39. The van der Waals surface area contributed by atoms with Gasteiger partial charge in [-0.3, -0.25) is 4.90 Å². The van der Waals surface area contributed by atoms with Crippen LogP contribution in [-0.2, 0) is 4.74 Å². The van der Waals surface area contributed by atoms with E-state index in [1.54, 1.807) is 7.11 Å². The Balaban J connectivity index is 2.41. The standard InChI is InChI=1S/C11H24N2O/c1-9-4-5-13(7-11(9)6-12)10(2)8-14-3/h9-11H,4-8,12H2,1-3H3. The van der Waals surface area contributed by atoms with Crippen LogP contribution in [0.15, 0.2) is 0 Å². The van der Waals surface area contributed by atoms with Crippen molar-refractivity contribution in [3.63, 3.8) is 0 Å².